The van der Waals surface area contributed by atoms with E-state index in [1.807, 2.05) is 32.9 Å². The van der Waals surface area contributed by atoms with E-state index in [1.165, 1.54) is 7.11 Å². The number of rotatable bonds is 1. The van der Waals surface area contributed by atoms with Crippen LogP contribution >= 0.6 is 0 Å². The number of methoxy groups -OCH3 is 1. The summed E-state index contributed by atoms with van der Waals surface area (Å²) in [4.78, 5) is 0. The molecule has 0 heterocycles. The van der Waals surface area contributed by atoms with Gasteiger partial charge in [0.25, 0.3) is 0 Å². The minimum absolute atomic E-state index is 0.108. The first-order chi connectivity index (χ1) is 6.65. The third-order valence-electron chi connectivity index (χ3n) is 1.66. The number of hydrogen-bond donors (Lipinski definition) is 2. The number of nitrogens with two attached hydrogens (primary N) is 1. The molecule has 0 saturated carbocycles. The minimum Gasteiger partial charge on any atom is -0.481 e. The van der Waals surface area contributed by atoms with Gasteiger partial charge in [0.15, 0.2) is 0 Å². The van der Waals surface area contributed by atoms with Gasteiger partial charge in [-0.3, -0.25) is 5.41 Å². The van der Waals surface area contributed by atoms with E-state index in [0.29, 0.717) is 11.3 Å². The smallest absolute Gasteiger partial charge is 0.215 e. The van der Waals surface area contributed by atoms with Crippen molar-refractivity contribution in [2.24, 2.45) is 0 Å². The summed E-state index contributed by atoms with van der Waals surface area (Å²) in [5, 5.41) is 7.41. The predicted octanol–water partition coefficient (Wildman–Crippen LogP) is 2.58. The van der Waals surface area contributed by atoms with Crippen molar-refractivity contribution in [3.05, 3.63) is 29.3 Å². The maximum atomic E-state index is 7.41. The number of nitrogens with one attached hydrogen (secondary N) is 1. The highest BCUT2D eigenvalue weighted by atomic mass is 16.5. The van der Waals surface area contributed by atoms with Gasteiger partial charge in [-0.15, -0.1) is 0 Å². The minimum atomic E-state index is 0.108. The third-order valence-corrected chi connectivity index (χ3v) is 1.66. The maximum Gasteiger partial charge on any atom is 0.215 e. The Hall–Kier alpha value is -1.51. The summed E-state index contributed by atoms with van der Waals surface area (Å²) in [5.41, 5.74) is 7.94. The average Bonchev–Trinajstić information content (AvgIpc) is 2.23. The van der Waals surface area contributed by atoms with Crippen molar-refractivity contribution in [2.45, 2.75) is 20.8 Å². The van der Waals surface area contributed by atoms with Crippen LogP contribution in [0.3, 0.4) is 0 Å². The molecule has 0 aromatic heterocycles. The number of anilines is 1. The molecule has 0 radical (unpaired) electrons. The van der Waals surface area contributed by atoms with E-state index in [4.69, 9.17) is 15.9 Å². The molecule has 0 fully saturated rings. The zero-order valence-electron chi connectivity index (χ0n) is 9.22. The highest BCUT2D eigenvalue weighted by Crippen LogP contribution is 2.14. The molecule has 0 aliphatic rings. The molecule has 3 nitrogen and oxygen atoms in total. The van der Waals surface area contributed by atoms with Crippen molar-refractivity contribution in [3.63, 3.8) is 0 Å². The fraction of sp³-hybridized carbons (Fsp3) is 0.364. The van der Waals surface area contributed by atoms with E-state index in [9.17, 15) is 0 Å². The van der Waals surface area contributed by atoms with Gasteiger partial charge in [-0.25, -0.2) is 0 Å². The molecule has 1 aromatic carbocycles. The predicted molar refractivity (Wildman–Crippen MR) is 60.8 cm³/mol. The van der Waals surface area contributed by atoms with Crippen LogP contribution in [0.2, 0.25) is 0 Å². The van der Waals surface area contributed by atoms with Gasteiger partial charge in [-0.2, -0.15) is 0 Å². The summed E-state index contributed by atoms with van der Waals surface area (Å²) in [6.45, 7) is 5.95. The summed E-state index contributed by atoms with van der Waals surface area (Å²) in [6, 6.07) is 5.52. The molecule has 0 bridgehead atoms. The molecule has 0 aliphatic heterocycles. The molecule has 0 amide bonds. The van der Waals surface area contributed by atoms with Gasteiger partial charge in [0, 0.05) is 5.69 Å². The van der Waals surface area contributed by atoms with Crippen LogP contribution in [0.1, 0.15) is 25.0 Å². The quantitative estimate of drug-likeness (QED) is 0.410. The lowest BCUT2D eigenvalue weighted by Crippen LogP contribution is -2.05. The number of ether oxygens (including phenoxy) is 1. The Morgan fingerprint density at radius 3 is 2.43 bits per heavy atom. The molecule has 78 valence electrons. The standard InChI is InChI=1S/C9H12N2O.C2H6/c1-6-3-4-8(10)7(5-6)9(11)12-2;1-2/h3-5,11H,10H2,1-2H3;1-2H3. The second-order valence-corrected chi connectivity index (χ2v) is 2.62. The molecule has 0 saturated heterocycles. The molecule has 1 aromatic rings. The van der Waals surface area contributed by atoms with Crippen molar-refractivity contribution < 1.29 is 4.74 Å². The summed E-state index contributed by atoms with van der Waals surface area (Å²) < 4.78 is 4.78. The van der Waals surface area contributed by atoms with Gasteiger partial charge < -0.3 is 10.5 Å². The molecule has 0 spiro atoms. The Labute approximate surface area is 85.4 Å². The van der Waals surface area contributed by atoms with Crippen LogP contribution < -0.4 is 5.73 Å². The van der Waals surface area contributed by atoms with Crippen molar-refractivity contribution in [3.8, 4) is 0 Å². The number of aryl methyl sites for hydroxylation is 1. The van der Waals surface area contributed by atoms with Crippen LogP contribution in [0.15, 0.2) is 18.2 Å². The summed E-state index contributed by atoms with van der Waals surface area (Å²) in [5.74, 6) is 0.108. The largest absolute Gasteiger partial charge is 0.481 e. The monoisotopic (exact) mass is 194 g/mol. The summed E-state index contributed by atoms with van der Waals surface area (Å²) >= 11 is 0. The third kappa shape index (κ3) is 3.09. The Kier molecular flexibility index (Phi) is 5.37. The molecular weight excluding hydrogens is 176 g/mol. The van der Waals surface area contributed by atoms with Crippen molar-refractivity contribution in [2.75, 3.05) is 12.8 Å². The summed E-state index contributed by atoms with van der Waals surface area (Å²) in [7, 11) is 1.46. The Morgan fingerprint density at radius 2 is 1.93 bits per heavy atom. The highest BCUT2D eigenvalue weighted by molar-refractivity contribution is 5.96. The second kappa shape index (κ2) is 6.02. The zero-order chi connectivity index (χ0) is 11.1. The molecular formula is C11H18N2O. The van der Waals surface area contributed by atoms with Gasteiger partial charge >= 0.3 is 0 Å². The van der Waals surface area contributed by atoms with Crippen LogP contribution in [0.5, 0.6) is 0 Å². The normalized spacial score (nSPS) is 8.57. The second-order valence-electron chi connectivity index (χ2n) is 2.62. The van der Waals surface area contributed by atoms with E-state index in [2.05, 4.69) is 0 Å². The average molecular weight is 194 g/mol. The highest BCUT2D eigenvalue weighted by Gasteiger charge is 2.04. The first kappa shape index (κ1) is 12.5. The van der Waals surface area contributed by atoms with E-state index in [0.717, 1.165) is 5.56 Å². The Balaban J connectivity index is 0.000000791. The van der Waals surface area contributed by atoms with E-state index in [-0.39, 0.29) is 5.90 Å². The van der Waals surface area contributed by atoms with Crippen molar-refractivity contribution >= 4 is 11.6 Å². The number of hydrogen-bond acceptors (Lipinski definition) is 3. The van der Waals surface area contributed by atoms with Gasteiger partial charge in [0.1, 0.15) is 0 Å². The maximum absolute atomic E-state index is 7.41. The van der Waals surface area contributed by atoms with E-state index < -0.39 is 0 Å². The molecule has 0 atom stereocenters. The lowest BCUT2D eigenvalue weighted by molar-refractivity contribution is 0.401. The van der Waals surface area contributed by atoms with Crippen LogP contribution in [-0.4, -0.2) is 13.0 Å². The first-order valence-corrected chi connectivity index (χ1v) is 4.64. The molecule has 14 heavy (non-hydrogen) atoms. The van der Waals surface area contributed by atoms with Crippen LogP contribution in [0.25, 0.3) is 0 Å². The van der Waals surface area contributed by atoms with Gasteiger partial charge in [0.2, 0.25) is 5.90 Å². The SMILES string of the molecule is CC.COC(=N)c1cc(C)ccc1N. The van der Waals surface area contributed by atoms with E-state index >= 15 is 0 Å². The van der Waals surface area contributed by atoms with Gasteiger partial charge in [-0.05, 0) is 19.1 Å². The van der Waals surface area contributed by atoms with E-state index in [1.54, 1.807) is 6.07 Å². The lowest BCUT2D eigenvalue weighted by atomic mass is 10.1. The van der Waals surface area contributed by atoms with Crippen LogP contribution in [0, 0.1) is 12.3 Å². The van der Waals surface area contributed by atoms with Crippen LogP contribution in [-0.2, 0) is 4.74 Å². The molecule has 1 rings (SSSR count). The Morgan fingerprint density at radius 1 is 1.36 bits per heavy atom. The van der Waals surface area contributed by atoms with Crippen molar-refractivity contribution in [1.82, 2.24) is 0 Å². The number of nitrogen functional groups attached to an aromatic ring is 1. The lowest BCUT2D eigenvalue weighted by Gasteiger charge is -2.06. The zero-order valence-corrected chi connectivity index (χ0v) is 9.22. The van der Waals surface area contributed by atoms with Crippen molar-refractivity contribution in [1.29, 1.82) is 5.41 Å². The van der Waals surface area contributed by atoms with Gasteiger partial charge in [0.05, 0.1) is 12.7 Å². The van der Waals surface area contributed by atoms with Gasteiger partial charge in [-0.1, -0.05) is 25.5 Å². The molecule has 0 unspecified atom stereocenters. The molecule has 0 aliphatic carbocycles. The molecule has 3 heteroatoms. The fourth-order valence-electron chi connectivity index (χ4n) is 0.977. The van der Waals surface area contributed by atoms with Crippen LogP contribution in [0.4, 0.5) is 5.69 Å². The topological polar surface area (TPSA) is 59.1 Å². The Bertz CT molecular complexity index is 308. The fourth-order valence-corrected chi connectivity index (χ4v) is 0.977. The molecule has 3 N–H and O–H groups in total. The number of benzene rings is 1. The summed E-state index contributed by atoms with van der Waals surface area (Å²) in [6.07, 6.45) is 0. The first-order valence-electron chi connectivity index (χ1n) is 4.64.